The highest BCUT2D eigenvalue weighted by atomic mass is 31.2. The molecular formula is C22H23FNO4P. The lowest BCUT2D eigenvalue weighted by molar-refractivity contribution is 0.0839. The number of benzene rings is 3. The van der Waals surface area contributed by atoms with Crippen LogP contribution >= 0.6 is 7.75 Å². The molecule has 1 atom stereocenters. The van der Waals surface area contributed by atoms with Crippen molar-refractivity contribution >= 4 is 7.75 Å². The zero-order valence-corrected chi connectivity index (χ0v) is 17.0. The minimum atomic E-state index is -3.71. The lowest BCUT2D eigenvalue weighted by Gasteiger charge is -2.20. The topological polar surface area (TPSA) is 56.8 Å². The van der Waals surface area contributed by atoms with E-state index < -0.39 is 20.4 Å². The fourth-order valence-corrected chi connectivity index (χ4v) is 3.67. The van der Waals surface area contributed by atoms with E-state index in [1.165, 1.54) is 12.1 Å². The smallest absolute Gasteiger partial charge is 0.409 e. The van der Waals surface area contributed by atoms with Gasteiger partial charge in [0.15, 0.2) is 18.4 Å². The Morgan fingerprint density at radius 2 is 1.55 bits per heavy atom. The van der Waals surface area contributed by atoms with Crippen LogP contribution < -0.4 is 9.82 Å². The summed E-state index contributed by atoms with van der Waals surface area (Å²) in [5, 5.41) is 2.83. The molecule has 0 saturated heterocycles. The summed E-state index contributed by atoms with van der Waals surface area (Å²) in [5.41, 5.74) is 2.55. The first-order chi connectivity index (χ1) is 14.0. The van der Waals surface area contributed by atoms with E-state index in [0.717, 1.165) is 16.7 Å². The Hall–Kier alpha value is -2.50. The van der Waals surface area contributed by atoms with E-state index in [2.05, 4.69) is 5.09 Å². The standard InChI is InChI=1S/C22H23FNO4P/c1-18-12-13-22(21(23)14-18)26-17-28-29(25,24-15-19-8-4-2-5-9-19)27-16-20-10-6-3-7-11-20/h2-14H,15-17H2,1H3,(H,24,25). The Labute approximate surface area is 170 Å². The maximum atomic E-state index is 13.9. The summed E-state index contributed by atoms with van der Waals surface area (Å²) in [5.74, 6) is -0.487. The van der Waals surface area contributed by atoms with Gasteiger partial charge in [0, 0.05) is 6.54 Å². The van der Waals surface area contributed by atoms with E-state index in [0.29, 0.717) is 0 Å². The van der Waals surface area contributed by atoms with Crippen LogP contribution in [0.5, 0.6) is 5.75 Å². The maximum Gasteiger partial charge on any atom is 0.409 e. The van der Waals surface area contributed by atoms with Crippen LogP contribution in [-0.4, -0.2) is 6.79 Å². The molecule has 0 saturated carbocycles. The van der Waals surface area contributed by atoms with Gasteiger partial charge in [-0.2, -0.15) is 0 Å². The highest BCUT2D eigenvalue weighted by Gasteiger charge is 2.25. The molecule has 0 amide bonds. The predicted octanol–water partition coefficient (Wildman–Crippen LogP) is 5.60. The third-order valence-corrected chi connectivity index (χ3v) is 5.55. The minimum Gasteiger partial charge on any atom is -0.464 e. The van der Waals surface area contributed by atoms with Crippen LogP contribution in [0.25, 0.3) is 0 Å². The summed E-state index contributed by atoms with van der Waals surface area (Å²) < 4.78 is 43.3. The van der Waals surface area contributed by atoms with Gasteiger partial charge < -0.3 is 4.74 Å². The fraction of sp³-hybridized carbons (Fsp3) is 0.182. The predicted molar refractivity (Wildman–Crippen MR) is 110 cm³/mol. The Bertz CT molecular complexity index is 906. The Kier molecular flexibility index (Phi) is 7.55. The number of rotatable bonds is 10. The molecule has 0 aliphatic carbocycles. The molecule has 0 aliphatic rings. The lowest BCUT2D eigenvalue weighted by atomic mass is 10.2. The highest BCUT2D eigenvalue weighted by molar-refractivity contribution is 7.51. The second-order valence-corrected chi connectivity index (χ2v) is 8.23. The first-order valence-electron chi connectivity index (χ1n) is 9.15. The van der Waals surface area contributed by atoms with E-state index >= 15 is 0 Å². The molecule has 0 heterocycles. The van der Waals surface area contributed by atoms with Crippen molar-refractivity contribution in [2.75, 3.05) is 6.79 Å². The zero-order chi connectivity index (χ0) is 20.5. The van der Waals surface area contributed by atoms with E-state index in [9.17, 15) is 8.96 Å². The number of nitrogens with one attached hydrogen (secondary N) is 1. The van der Waals surface area contributed by atoms with Gasteiger partial charge in [0.2, 0.25) is 0 Å². The Morgan fingerprint density at radius 1 is 0.897 bits per heavy atom. The molecule has 0 fully saturated rings. The zero-order valence-electron chi connectivity index (χ0n) is 16.1. The summed E-state index contributed by atoms with van der Waals surface area (Å²) >= 11 is 0. The van der Waals surface area contributed by atoms with Gasteiger partial charge in [0.1, 0.15) is 0 Å². The molecule has 29 heavy (non-hydrogen) atoms. The van der Waals surface area contributed by atoms with Gasteiger partial charge in [-0.3, -0.25) is 9.05 Å². The van der Waals surface area contributed by atoms with Crippen molar-refractivity contribution in [2.45, 2.75) is 20.1 Å². The SMILES string of the molecule is Cc1ccc(OCOP(=O)(NCc2ccccc2)OCc2ccccc2)c(F)c1. The molecule has 0 aliphatic heterocycles. The van der Waals surface area contributed by atoms with Crippen molar-refractivity contribution in [3.8, 4) is 5.75 Å². The van der Waals surface area contributed by atoms with Crippen molar-refractivity contribution in [3.05, 3.63) is 101 Å². The van der Waals surface area contributed by atoms with Crippen LogP contribution in [0.4, 0.5) is 4.39 Å². The van der Waals surface area contributed by atoms with Crippen molar-refractivity contribution in [1.29, 1.82) is 0 Å². The molecule has 152 valence electrons. The molecule has 1 N–H and O–H groups in total. The quantitative estimate of drug-likeness (QED) is 0.345. The summed E-state index contributed by atoms with van der Waals surface area (Å²) in [6.45, 7) is 1.74. The van der Waals surface area contributed by atoms with Crippen LogP contribution in [0, 0.1) is 12.7 Å². The third-order valence-electron chi connectivity index (χ3n) is 4.09. The van der Waals surface area contributed by atoms with E-state index in [-0.39, 0.29) is 18.9 Å². The lowest BCUT2D eigenvalue weighted by Crippen LogP contribution is -2.17. The van der Waals surface area contributed by atoms with Crippen LogP contribution in [0.1, 0.15) is 16.7 Å². The maximum absolute atomic E-state index is 13.9. The number of halogens is 1. The van der Waals surface area contributed by atoms with E-state index in [4.69, 9.17) is 13.8 Å². The average molecular weight is 415 g/mol. The number of ether oxygens (including phenoxy) is 1. The molecule has 3 rings (SSSR count). The first-order valence-corrected chi connectivity index (χ1v) is 10.7. The van der Waals surface area contributed by atoms with Crippen molar-refractivity contribution in [2.24, 2.45) is 0 Å². The average Bonchev–Trinajstić information content (AvgIpc) is 2.74. The van der Waals surface area contributed by atoms with E-state index in [1.807, 2.05) is 60.7 Å². The highest BCUT2D eigenvalue weighted by Crippen LogP contribution is 2.45. The van der Waals surface area contributed by atoms with Crippen LogP contribution in [0.3, 0.4) is 0 Å². The summed E-state index contributed by atoms with van der Waals surface area (Å²) in [6, 6.07) is 23.4. The third kappa shape index (κ3) is 6.80. The molecule has 0 spiro atoms. The van der Waals surface area contributed by atoms with Gasteiger partial charge in [0.05, 0.1) is 6.61 Å². The summed E-state index contributed by atoms with van der Waals surface area (Å²) in [6.07, 6.45) is 0. The second kappa shape index (κ2) is 10.3. The van der Waals surface area contributed by atoms with Crippen LogP contribution in [0.2, 0.25) is 0 Å². The second-order valence-electron chi connectivity index (χ2n) is 6.40. The molecule has 5 nitrogen and oxygen atoms in total. The van der Waals surface area contributed by atoms with Crippen molar-refractivity contribution < 1.29 is 22.7 Å². The molecule has 0 bridgehead atoms. The minimum absolute atomic E-state index is 0.0215. The van der Waals surface area contributed by atoms with E-state index in [1.54, 1.807) is 13.0 Å². The van der Waals surface area contributed by atoms with Gasteiger partial charge in [-0.25, -0.2) is 14.0 Å². The fourth-order valence-electron chi connectivity index (χ4n) is 2.53. The summed E-state index contributed by atoms with van der Waals surface area (Å²) in [7, 11) is -3.71. The number of hydrogen-bond acceptors (Lipinski definition) is 4. The van der Waals surface area contributed by atoms with Crippen molar-refractivity contribution in [1.82, 2.24) is 5.09 Å². The Balaban J connectivity index is 1.63. The van der Waals surface area contributed by atoms with Gasteiger partial charge in [-0.1, -0.05) is 66.7 Å². The largest absolute Gasteiger partial charge is 0.464 e. The molecule has 7 heteroatoms. The molecule has 0 radical (unpaired) electrons. The summed E-state index contributed by atoms with van der Waals surface area (Å²) in [4.78, 5) is 0. The van der Waals surface area contributed by atoms with Gasteiger partial charge in [0.25, 0.3) is 0 Å². The van der Waals surface area contributed by atoms with Crippen LogP contribution in [0.15, 0.2) is 78.9 Å². The normalized spacial score (nSPS) is 13.0. The van der Waals surface area contributed by atoms with Gasteiger partial charge >= 0.3 is 7.75 Å². The molecule has 1 unspecified atom stereocenters. The van der Waals surface area contributed by atoms with Crippen molar-refractivity contribution in [3.63, 3.8) is 0 Å². The Morgan fingerprint density at radius 3 is 2.21 bits per heavy atom. The number of aryl methyl sites for hydroxylation is 1. The van der Waals surface area contributed by atoms with Gasteiger partial charge in [-0.05, 0) is 35.7 Å². The number of hydrogen-bond donors (Lipinski definition) is 1. The monoisotopic (exact) mass is 415 g/mol. The molecule has 3 aromatic rings. The molecule has 3 aromatic carbocycles. The molecule has 0 aromatic heterocycles. The van der Waals surface area contributed by atoms with Gasteiger partial charge in [-0.15, -0.1) is 0 Å². The first kappa shape index (κ1) is 21.2. The molecular weight excluding hydrogens is 392 g/mol. The van der Waals surface area contributed by atoms with Crippen LogP contribution in [-0.2, 0) is 26.8 Å².